The van der Waals surface area contributed by atoms with E-state index in [2.05, 4.69) is 34.5 Å². The molecule has 0 unspecified atom stereocenters. The number of hydrogen-bond acceptors (Lipinski definition) is 2. The standard InChI is InChI=1S/C22H20N2O/c1-18(25)23-17-22(19-11-5-2-6-12-19)24(20-13-7-3-8-14-20)21-15-9-4-10-16-21/h2-17H,1H3,(H,23,25)/b22-17+. The first-order chi connectivity index (χ1) is 12.3. The van der Waals surface area contributed by atoms with Gasteiger partial charge in [0.15, 0.2) is 0 Å². The molecular weight excluding hydrogens is 308 g/mol. The van der Waals surface area contributed by atoms with Gasteiger partial charge in [-0.3, -0.25) is 4.79 Å². The molecule has 0 saturated heterocycles. The maximum Gasteiger partial charge on any atom is 0.220 e. The van der Waals surface area contributed by atoms with E-state index in [9.17, 15) is 4.79 Å². The Morgan fingerprint density at radius 2 is 1.20 bits per heavy atom. The van der Waals surface area contributed by atoms with Gasteiger partial charge < -0.3 is 10.2 Å². The molecular formula is C22H20N2O. The molecule has 3 rings (SSSR count). The number of anilines is 2. The van der Waals surface area contributed by atoms with Crippen LogP contribution in [0.1, 0.15) is 12.5 Å². The molecule has 0 aliphatic heterocycles. The minimum Gasteiger partial charge on any atom is -0.331 e. The fraction of sp³-hybridized carbons (Fsp3) is 0.0455. The summed E-state index contributed by atoms with van der Waals surface area (Å²) in [4.78, 5) is 13.6. The average molecular weight is 328 g/mol. The molecule has 0 atom stereocenters. The number of benzene rings is 3. The highest BCUT2D eigenvalue weighted by atomic mass is 16.1. The molecule has 124 valence electrons. The number of hydrogen-bond donors (Lipinski definition) is 1. The smallest absolute Gasteiger partial charge is 0.220 e. The van der Waals surface area contributed by atoms with Crippen LogP contribution in [-0.4, -0.2) is 5.91 Å². The van der Waals surface area contributed by atoms with Crippen LogP contribution < -0.4 is 10.2 Å². The van der Waals surface area contributed by atoms with Gasteiger partial charge in [0, 0.05) is 24.5 Å². The Balaban J connectivity index is 2.16. The second-order valence-corrected chi connectivity index (χ2v) is 5.60. The molecule has 3 aromatic carbocycles. The molecule has 0 heterocycles. The van der Waals surface area contributed by atoms with E-state index < -0.39 is 0 Å². The molecule has 0 aromatic heterocycles. The predicted molar refractivity (Wildman–Crippen MR) is 103 cm³/mol. The van der Waals surface area contributed by atoms with Crippen molar-refractivity contribution >= 4 is 23.0 Å². The topological polar surface area (TPSA) is 32.3 Å². The Labute approximate surface area is 148 Å². The van der Waals surface area contributed by atoms with Gasteiger partial charge in [0.05, 0.1) is 5.70 Å². The summed E-state index contributed by atoms with van der Waals surface area (Å²) < 4.78 is 0. The summed E-state index contributed by atoms with van der Waals surface area (Å²) >= 11 is 0. The van der Waals surface area contributed by atoms with E-state index in [0.29, 0.717) is 0 Å². The highest BCUT2D eigenvalue weighted by Gasteiger charge is 2.16. The van der Waals surface area contributed by atoms with Gasteiger partial charge in [-0.15, -0.1) is 0 Å². The summed E-state index contributed by atoms with van der Waals surface area (Å²) in [6.07, 6.45) is 1.76. The lowest BCUT2D eigenvalue weighted by Crippen LogP contribution is -2.20. The van der Waals surface area contributed by atoms with E-state index in [1.54, 1.807) is 6.20 Å². The van der Waals surface area contributed by atoms with Crippen LogP contribution in [0.15, 0.2) is 97.2 Å². The summed E-state index contributed by atoms with van der Waals surface area (Å²) in [7, 11) is 0. The second-order valence-electron chi connectivity index (χ2n) is 5.60. The van der Waals surface area contributed by atoms with Crippen molar-refractivity contribution in [2.24, 2.45) is 0 Å². The zero-order valence-corrected chi connectivity index (χ0v) is 14.1. The molecule has 0 radical (unpaired) electrons. The van der Waals surface area contributed by atoms with Crippen molar-refractivity contribution in [3.8, 4) is 0 Å². The SMILES string of the molecule is CC(=O)N/C=C(\c1ccccc1)N(c1ccccc1)c1ccccc1. The van der Waals surface area contributed by atoms with E-state index >= 15 is 0 Å². The first kappa shape index (κ1) is 16.5. The van der Waals surface area contributed by atoms with Crippen molar-refractivity contribution in [2.75, 3.05) is 4.90 Å². The minimum atomic E-state index is -0.102. The van der Waals surface area contributed by atoms with Gasteiger partial charge in [0.2, 0.25) is 5.91 Å². The maximum atomic E-state index is 11.5. The highest BCUT2D eigenvalue weighted by molar-refractivity contribution is 5.89. The van der Waals surface area contributed by atoms with E-state index in [0.717, 1.165) is 22.6 Å². The lowest BCUT2D eigenvalue weighted by molar-refractivity contribution is -0.118. The van der Waals surface area contributed by atoms with E-state index in [1.807, 2.05) is 66.7 Å². The van der Waals surface area contributed by atoms with Crippen LogP contribution in [0.4, 0.5) is 11.4 Å². The van der Waals surface area contributed by atoms with Crippen molar-refractivity contribution in [3.63, 3.8) is 0 Å². The molecule has 0 fully saturated rings. The number of carbonyl (C=O) groups is 1. The number of rotatable bonds is 5. The predicted octanol–water partition coefficient (Wildman–Crippen LogP) is 4.96. The van der Waals surface area contributed by atoms with Crippen molar-refractivity contribution in [1.82, 2.24) is 5.32 Å². The van der Waals surface area contributed by atoms with E-state index in [-0.39, 0.29) is 5.91 Å². The first-order valence-corrected chi connectivity index (χ1v) is 8.18. The lowest BCUT2D eigenvalue weighted by Gasteiger charge is -2.28. The Kier molecular flexibility index (Phi) is 5.27. The maximum absolute atomic E-state index is 11.5. The summed E-state index contributed by atoms with van der Waals surface area (Å²) in [6, 6.07) is 30.3. The quantitative estimate of drug-likeness (QED) is 0.718. The molecule has 1 N–H and O–H groups in total. The number of nitrogens with zero attached hydrogens (tertiary/aromatic N) is 1. The Hall–Kier alpha value is -3.33. The normalized spacial score (nSPS) is 11.0. The van der Waals surface area contributed by atoms with Gasteiger partial charge in [-0.2, -0.15) is 0 Å². The van der Waals surface area contributed by atoms with Gasteiger partial charge >= 0.3 is 0 Å². The molecule has 1 amide bonds. The Morgan fingerprint density at radius 3 is 1.64 bits per heavy atom. The molecule has 3 heteroatoms. The lowest BCUT2D eigenvalue weighted by atomic mass is 10.1. The van der Waals surface area contributed by atoms with Crippen LogP contribution in [0.3, 0.4) is 0 Å². The number of nitrogens with one attached hydrogen (secondary N) is 1. The fourth-order valence-corrected chi connectivity index (χ4v) is 2.64. The van der Waals surface area contributed by atoms with Crippen molar-refractivity contribution in [1.29, 1.82) is 0 Å². The zero-order chi connectivity index (χ0) is 17.5. The van der Waals surface area contributed by atoms with Crippen molar-refractivity contribution < 1.29 is 4.79 Å². The molecule has 3 aromatic rings. The third-order valence-corrected chi connectivity index (χ3v) is 3.75. The molecule has 0 saturated carbocycles. The molecule has 25 heavy (non-hydrogen) atoms. The third-order valence-electron chi connectivity index (χ3n) is 3.75. The molecule has 0 spiro atoms. The van der Waals surface area contributed by atoms with E-state index in [1.165, 1.54) is 6.92 Å². The summed E-state index contributed by atoms with van der Waals surface area (Å²) in [5.41, 5.74) is 3.96. The number of para-hydroxylation sites is 2. The van der Waals surface area contributed by atoms with Crippen LogP contribution in [0.25, 0.3) is 5.70 Å². The van der Waals surface area contributed by atoms with Crippen LogP contribution in [0, 0.1) is 0 Å². The highest BCUT2D eigenvalue weighted by Crippen LogP contribution is 2.33. The van der Waals surface area contributed by atoms with Crippen LogP contribution in [0.5, 0.6) is 0 Å². The zero-order valence-electron chi connectivity index (χ0n) is 14.1. The van der Waals surface area contributed by atoms with Gasteiger partial charge in [0.1, 0.15) is 0 Å². The number of amides is 1. The van der Waals surface area contributed by atoms with Crippen LogP contribution in [-0.2, 0) is 4.79 Å². The van der Waals surface area contributed by atoms with E-state index in [4.69, 9.17) is 0 Å². The van der Waals surface area contributed by atoms with Crippen LogP contribution in [0.2, 0.25) is 0 Å². The fourth-order valence-electron chi connectivity index (χ4n) is 2.64. The van der Waals surface area contributed by atoms with Gasteiger partial charge in [-0.25, -0.2) is 0 Å². The summed E-state index contributed by atoms with van der Waals surface area (Å²) in [5, 5.41) is 2.82. The van der Waals surface area contributed by atoms with Crippen LogP contribution >= 0.6 is 0 Å². The summed E-state index contributed by atoms with van der Waals surface area (Å²) in [6.45, 7) is 1.51. The Bertz CT molecular complexity index is 803. The average Bonchev–Trinajstić information content (AvgIpc) is 2.67. The number of carbonyl (C=O) groups excluding carboxylic acids is 1. The molecule has 0 aliphatic rings. The second kappa shape index (κ2) is 7.97. The van der Waals surface area contributed by atoms with Gasteiger partial charge in [-0.1, -0.05) is 66.7 Å². The molecule has 0 bridgehead atoms. The monoisotopic (exact) mass is 328 g/mol. The first-order valence-electron chi connectivity index (χ1n) is 8.18. The van der Waals surface area contributed by atoms with Gasteiger partial charge in [-0.05, 0) is 29.8 Å². The summed E-state index contributed by atoms with van der Waals surface area (Å²) in [5.74, 6) is -0.102. The van der Waals surface area contributed by atoms with Crippen molar-refractivity contribution in [3.05, 3.63) is 103 Å². The molecule has 3 nitrogen and oxygen atoms in total. The molecule has 0 aliphatic carbocycles. The largest absolute Gasteiger partial charge is 0.331 e. The van der Waals surface area contributed by atoms with Gasteiger partial charge in [0.25, 0.3) is 0 Å². The Morgan fingerprint density at radius 1 is 0.760 bits per heavy atom. The van der Waals surface area contributed by atoms with Crippen molar-refractivity contribution in [2.45, 2.75) is 6.92 Å². The minimum absolute atomic E-state index is 0.102. The third kappa shape index (κ3) is 4.15.